The molecule has 0 atom stereocenters. The minimum Gasteiger partial charge on any atom is -0.335 e. The Morgan fingerprint density at radius 2 is 1.64 bits per heavy atom. The van der Waals surface area contributed by atoms with Crippen LogP contribution in [0.3, 0.4) is 0 Å². The van der Waals surface area contributed by atoms with Gasteiger partial charge in [-0.15, -0.1) is 0 Å². The number of hydrogen-bond acceptors (Lipinski definition) is 3. The van der Waals surface area contributed by atoms with Crippen LogP contribution in [0.25, 0.3) is 11.4 Å². The van der Waals surface area contributed by atoms with Gasteiger partial charge in [-0.3, -0.25) is 9.59 Å². The normalized spacial score (nSPS) is 13.0. The van der Waals surface area contributed by atoms with Gasteiger partial charge in [-0.2, -0.15) is 0 Å². The summed E-state index contributed by atoms with van der Waals surface area (Å²) in [6.07, 6.45) is 0. The number of hydrogen-bond donors (Lipinski definition) is 1. The van der Waals surface area contributed by atoms with E-state index >= 15 is 0 Å². The zero-order valence-electron chi connectivity index (χ0n) is 11.3. The lowest BCUT2D eigenvalue weighted by atomic mass is 9.90. The Labute approximate surface area is 130 Å². The van der Waals surface area contributed by atoms with Gasteiger partial charge in [-0.25, -0.2) is 4.98 Å². The first-order valence-corrected chi connectivity index (χ1v) is 7.07. The lowest BCUT2D eigenvalue weighted by molar-refractivity contribution is 0.0974. The quantitative estimate of drug-likeness (QED) is 0.585. The molecular weight excluding hydrogens is 300 g/mol. The number of aromatic nitrogens is 2. The number of aromatic amines is 1. The molecule has 0 radical (unpaired) electrons. The van der Waals surface area contributed by atoms with E-state index < -0.39 is 0 Å². The molecule has 1 aliphatic carbocycles. The third-order valence-electron chi connectivity index (χ3n) is 3.66. The van der Waals surface area contributed by atoms with Crippen molar-refractivity contribution in [1.29, 1.82) is 0 Å². The molecule has 1 N–H and O–H groups in total. The molecule has 0 fully saturated rings. The van der Waals surface area contributed by atoms with Gasteiger partial charge in [0.25, 0.3) is 0 Å². The number of carbonyl (C=O) groups is 2. The van der Waals surface area contributed by atoms with E-state index in [2.05, 4.69) is 9.97 Å². The molecule has 22 heavy (non-hydrogen) atoms. The molecule has 1 heterocycles. The van der Waals surface area contributed by atoms with Crippen LogP contribution in [0.15, 0.2) is 48.5 Å². The van der Waals surface area contributed by atoms with E-state index in [-0.39, 0.29) is 23.0 Å². The lowest BCUT2D eigenvalue weighted by Crippen LogP contribution is -2.20. The zero-order valence-corrected chi connectivity index (χ0v) is 12.0. The maximum absolute atomic E-state index is 12.5. The highest BCUT2D eigenvalue weighted by Crippen LogP contribution is 2.29. The van der Waals surface area contributed by atoms with E-state index in [4.69, 9.17) is 11.6 Å². The summed E-state index contributed by atoms with van der Waals surface area (Å²) in [5, 5.41) is 0.563. The first-order chi connectivity index (χ1) is 10.6. The van der Waals surface area contributed by atoms with Crippen molar-refractivity contribution < 1.29 is 9.59 Å². The Kier molecular flexibility index (Phi) is 2.74. The average molecular weight is 309 g/mol. The summed E-state index contributed by atoms with van der Waals surface area (Å²) in [6.45, 7) is 0. The smallest absolute Gasteiger partial charge is 0.214 e. The summed E-state index contributed by atoms with van der Waals surface area (Å²) < 4.78 is 0. The van der Waals surface area contributed by atoms with E-state index in [1.807, 2.05) is 6.07 Å². The third-order valence-corrected chi connectivity index (χ3v) is 3.90. The predicted octanol–water partition coefficient (Wildman–Crippen LogP) is 3.51. The van der Waals surface area contributed by atoms with Crippen LogP contribution in [-0.4, -0.2) is 21.5 Å². The monoisotopic (exact) mass is 308 g/mol. The zero-order chi connectivity index (χ0) is 15.3. The molecule has 0 saturated heterocycles. The minimum atomic E-state index is -0.241. The topological polar surface area (TPSA) is 62.8 Å². The fourth-order valence-corrected chi connectivity index (χ4v) is 2.81. The minimum absolute atomic E-state index is 0.165. The molecule has 106 valence electrons. The lowest BCUT2D eigenvalue weighted by Gasteiger charge is -2.11. The molecule has 0 unspecified atom stereocenters. The van der Waals surface area contributed by atoms with Crippen LogP contribution >= 0.6 is 11.6 Å². The summed E-state index contributed by atoms with van der Waals surface area (Å²) in [7, 11) is 0. The van der Waals surface area contributed by atoms with Crippen LogP contribution in [0.2, 0.25) is 5.02 Å². The van der Waals surface area contributed by atoms with Crippen molar-refractivity contribution in [3.05, 3.63) is 76.1 Å². The number of ketones is 2. The van der Waals surface area contributed by atoms with Crippen molar-refractivity contribution in [3.63, 3.8) is 0 Å². The molecule has 2 aromatic carbocycles. The van der Waals surface area contributed by atoms with Crippen LogP contribution in [0.1, 0.15) is 32.1 Å². The Bertz CT molecular complexity index is 891. The maximum atomic E-state index is 12.5. The molecule has 1 aliphatic rings. The highest BCUT2D eigenvalue weighted by molar-refractivity contribution is 6.31. The standard InChI is InChI=1S/C17H9ClN2O2/c18-10-5-3-4-9(8-10)17-19-13-14(20-17)16(22)12-7-2-1-6-11(12)15(13)21/h1-8H,(H,19,20). The van der Waals surface area contributed by atoms with Gasteiger partial charge >= 0.3 is 0 Å². The first-order valence-electron chi connectivity index (χ1n) is 6.69. The second kappa shape index (κ2) is 4.64. The van der Waals surface area contributed by atoms with Gasteiger partial charge in [-0.1, -0.05) is 48.0 Å². The largest absolute Gasteiger partial charge is 0.335 e. The van der Waals surface area contributed by atoms with E-state index in [0.29, 0.717) is 22.0 Å². The van der Waals surface area contributed by atoms with Crippen molar-refractivity contribution in [2.24, 2.45) is 0 Å². The number of nitrogens with one attached hydrogen (secondary N) is 1. The second-order valence-corrected chi connectivity index (χ2v) is 5.46. The number of H-pyrrole nitrogens is 1. The molecule has 0 bridgehead atoms. The van der Waals surface area contributed by atoms with E-state index in [1.165, 1.54) is 0 Å². The van der Waals surface area contributed by atoms with Gasteiger partial charge in [0.05, 0.1) is 0 Å². The predicted molar refractivity (Wildman–Crippen MR) is 82.3 cm³/mol. The van der Waals surface area contributed by atoms with E-state index in [0.717, 1.165) is 5.56 Å². The van der Waals surface area contributed by atoms with Gasteiger partial charge in [-0.05, 0) is 12.1 Å². The fourth-order valence-electron chi connectivity index (χ4n) is 2.62. The van der Waals surface area contributed by atoms with Gasteiger partial charge in [0, 0.05) is 21.7 Å². The Morgan fingerprint density at radius 3 is 2.36 bits per heavy atom. The molecule has 1 aromatic heterocycles. The summed E-state index contributed by atoms with van der Waals surface area (Å²) in [6, 6.07) is 13.9. The SMILES string of the molecule is O=C1c2ccccc2C(=O)c2[nH]c(-c3cccc(Cl)c3)nc21. The number of halogens is 1. The summed E-state index contributed by atoms with van der Waals surface area (Å²) in [5.41, 5.74) is 1.93. The average Bonchev–Trinajstić information content (AvgIpc) is 2.98. The summed E-state index contributed by atoms with van der Waals surface area (Å²) in [5.74, 6) is 0.00251. The third kappa shape index (κ3) is 1.81. The van der Waals surface area contributed by atoms with Gasteiger partial charge in [0.1, 0.15) is 17.2 Å². The van der Waals surface area contributed by atoms with Crippen LogP contribution in [0.5, 0.6) is 0 Å². The van der Waals surface area contributed by atoms with E-state index in [1.54, 1.807) is 42.5 Å². The van der Waals surface area contributed by atoms with Gasteiger partial charge < -0.3 is 4.98 Å². The number of imidazole rings is 1. The van der Waals surface area contributed by atoms with Crippen molar-refractivity contribution in [2.75, 3.05) is 0 Å². The Balaban J connectivity index is 1.90. The number of nitrogens with zero attached hydrogens (tertiary/aromatic N) is 1. The summed E-state index contributed by atoms with van der Waals surface area (Å²) >= 11 is 5.98. The van der Waals surface area contributed by atoms with E-state index in [9.17, 15) is 9.59 Å². The van der Waals surface area contributed by atoms with Crippen LogP contribution in [0.4, 0.5) is 0 Å². The van der Waals surface area contributed by atoms with Crippen LogP contribution in [-0.2, 0) is 0 Å². The van der Waals surface area contributed by atoms with Crippen LogP contribution < -0.4 is 0 Å². The molecule has 0 saturated carbocycles. The summed E-state index contributed by atoms with van der Waals surface area (Å²) in [4.78, 5) is 32.3. The van der Waals surface area contributed by atoms with Crippen LogP contribution in [0, 0.1) is 0 Å². The van der Waals surface area contributed by atoms with Crippen molar-refractivity contribution in [1.82, 2.24) is 9.97 Å². The number of fused-ring (bicyclic) bond motifs is 2. The number of carbonyl (C=O) groups excluding carboxylic acids is 2. The molecule has 4 nitrogen and oxygen atoms in total. The van der Waals surface area contributed by atoms with Crippen molar-refractivity contribution in [2.45, 2.75) is 0 Å². The highest BCUT2D eigenvalue weighted by Gasteiger charge is 2.33. The fraction of sp³-hybridized carbons (Fsp3) is 0. The number of rotatable bonds is 1. The molecular formula is C17H9ClN2O2. The van der Waals surface area contributed by atoms with Gasteiger partial charge in [0.2, 0.25) is 11.6 Å². The van der Waals surface area contributed by atoms with Gasteiger partial charge in [0.15, 0.2) is 0 Å². The molecule has 0 amide bonds. The Morgan fingerprint density at radius 1 is 0.909 bits per heavy atom. The highest BCUT2D eigenvalue weighted by atomic mass is 35.5. The molecule has 0 spiro atoms. The molecule has 5 heteroatoms. The second-order valence-electron chi connectivity index (χ2n) is 5.02. The number of benzene rings is 2. The molecule has 4 rings (SSSR count). The first kappa shape index (κ1) is 13.0. The molecule has 0 aliphatic heterocycles. The van der Waals surface area contributed by atoms with Crippen molar-refractivity contribution in [3.8, 4) is 11.4 Å². The Hall–Kier alpha value is -2.72. The van der Waals surface area contributed by atoms with Crippen molar-refractivity contribution >= 4 is 23.2 Å². The maximum Gasteiger partial charge on any atom is 0.214 e. The molecule has 3 aromatic rings.